The molecule has 14 heavy (non-hydrogen) atoms. The van der Waals surface area contributed by atoms with Crippen molar-refractivity contribution >= 4 is 0 Å². The Kier molecular flexibility index (Phi) is 4.85. The van der Waals surface area contributed by atoms with Crippen molar-refractivity contribution < 1.29 is 5.11 Å². The lowest BCUT2D eigenvalue weighted by atomic mass is 9.94. The van der Waals surface area contributed by atoms with Crippen molar-refractivity contribution in [3.63, 3.8) is 0 Å². The Bertz CT molecular complexity index is 163. The van der Waals surface area contributed by atoms with E-state index in [9.17, 15) is 0 Å². The summed E-state index contributed by atoms with van der Waals surface area (Å²) in [5.41, 5.74) is 0. The minimum Gasteiger partial charge on any atom is -0.396 e. The summed E-state index contributed by atoms with van der Waals surface area (Å²) in [6.45, 7) is 7.98. The Balaban J connectivity index is 2.24. The van der Waals surface area contributed by atoms with E-state index >= 15 is 0 Å². The zero-order chi connectivity index (χ0) is 10.6. The third-order valence-corrected chi connectivity index (χ3v) is 3.15. The van der Waals surface area contributed by atoms with Gasteiger partial charge in [0.05, 0.1) is 0 Å². The molecule has 0 saturated carbocycles. The van der Waals surface area contributed by atoms with Crippen LogP contribution < -0.4 is 5.32 Å². The predicted octanol–water partition coefficient (Wildman–Crippen LogP) is 0.545. The number of rotatable bonds is 4. The van der Waals surface area contributed by atoms with Crippen molar-refractivity contribution in [2.45, 2.75) is 26.3 Å². The summed E-state index contributed by atoms with van der Waals surface area (Å²) >= 11 is 0. The largest absolute Gasteiger partial charge is 0.396 e. The second-order valence-electron chi connectivity index (χ2n) is 4.83. The first kappa shape index (κ1) is 12.0. The zero-order valence-corrected chi connectivity index (χ0v) is 9.66. The summed E-state index contributed by atoms with van der Waals surface area (Å²) in [6, 6.07) is 0.639. The Morgan fingerprint density at radius 2 is 2.29 bits per heavy atom. The quantitative estimate of drug-likeness (QED) is 0.695. The lowest BCUT2D eigenvalue weighted by molar-refractivity contribution is 0.163. The molecule has 84 valence electrons. The van der Waals surface area contributed by atoms with Crippen LogP contribution in [0.15, 0.2) is 0 Å². The highest BCUT2D eigenvalue weighted by molar-refractivity contribution is 4.81. The van der Waals surface area contributed by atoms with Gasteiger partial charge in [0.2, 0.25) is 0 Å². The average Bonchev–Trinajstić information content (AvgIpc) is 2.16. The topological polar surface area (TPSA) is 35.5 Å². The number of nitrogens with zero attached hydrogens (tertiary/aromatic N) is 1. The molecule has 0 aromatic rings. The fourth-order valence-corrected chi connectivity index (χ4v) is 2.07. The Morgan fingerprint density at radius 1 is 1.57 bits per heavy atom. The average molecular weight is 200 g/mol. The van der Waals surface area contributed by atoms with Crippen LogP contribution in [0.3, 0.4) is 0 Å². The molecule has 0 amide bonds. The molecular weight excluding hydrogens is 176 g/mol. The van der Waals surface area contributed by atoms with Crippen molar-refractivity contribution in [2.24, 2.45) is 11.8 Å². The molecule has 1 aliphatic heterocycles. The molecule has 1 saturated heterocycles. The van der Waals surface area contributed by atoms with Gasteiger partial charge in [-0.25, -0.2) is 0 Å². The number of piperidine rings is 1. The van der Waals surface area contributed by atoms with Gasteiger partial charge in [-0.1, -0.05) is 13.8 Å². The van der Waals surface area contributed by atoms with Gasteiger partial charge in [-0.15, -0.1) is 0 Å². The third kappa shape index (κ3) is 3.56. The molecule has 0 spiro atoms. The molecular formula is C11H24N2O. The maximum Gasteiger partial charge on any atom is 0.0468 e. The molecule has 1 heterocycles. The first-order valence-electron chi connectivity index (χ1n) is 5.66. The first-order valence-corrected chi connectivity index (χ1v) is 5.66. The van der Waals surface area contributed by atoms with Crippen LogP contribution in [0, 0.1) is 11.8 Å². The monoisotopic (exact) mass is 200 g/mol. The van der Waals surface area contributed by atoms with Gasteiger partial charge in [-0.05, 0) is 31.8 Å². The van der Waals surface area contributed by atoms with E-state index in [0.717, 1.165) is 12.5 Å². The van der Waals surface area contributed by atoms with E-state index in [0.29, 0.717) is 12.0 Å². The number of hydrogen-bond donors (Lipinski definition) is 2. The van der Waals surface area contributed by atoms with E-state index in [-0.39, 0.29) is 6.61 Å². The van der Waals surface area contributed by atoms with Crippen LogP contribution >= 0.6 is 0 Å². The van der Waals surface area contributed by atoms with Gasteiger partial charge in [-0.2, -0.15) is 0 Å². The summed E-state index contributed by atoms with van der Waals surface area (Å²) < 4.78 is 0. The Labute approximate surface area is 87.5 Å². The van der Waals surface area contributed by atoms with E-state index < -0.39 is 0 Å². The molecule has 0 aliphatic carbocycles. The van der Waals surface area contributed by atoms with Gasteiger partial charge in [0.1, 0.15) is 0 Å². The van der Waals surface area contributed by atoms with E-state index in [1.54, 1.807) is 0 Å². The summed E-state index contributed by atoms with van der Waals surface area (Å²) in [4.78, 5) is 2.39. The van der Waals surface area contributed by atoms with Crippen molar-refractivity contribution in [3.8, 4) is 0 Å². The van der Waals surface area contributed by atoms with E-state index in [2.05, 4.69) is 31.1 Å². The molecule has 1 fully saturated rings. The van der Waals surface area contributed by atoms with Crippen LogP contribution in [-0.2, 0) is 0 Å². The molecule has 3 atom stereocenters. The van der Waals surface area contributed by atoms with Gasteiger partial charge < -0.3 is 15.3 Å². The predicted molar refractivity (Wildman–Crippen MR) is 59.3 cm³/mol. The standard InChI is InChI=1S/C11H24N2O/c1-9(8-14)6-12-11-4-5-13(3)7-10(11)2/h9-12,14H,4-8H2,1-3H3. The smallest absolute Gasteiger partial charge is 0.0468 e. The van der Waals surface area contributed by atoms with Gasteiger partial charge in [0, 0.05) is 25.7 Å². The van der Waals surface area contributed by atoms with Crippen molar-refractivity contribution in [1.82, 2.24) is 10.2 Å². The fourth-order valence-electron chi connectivity index (χ4n) is 2.07. The van der Waals surface area contributed by atoms with Crippen LogP contribution in [0.4, 0.5) is 0 Å². The molecule has 3 unspecified atom stereocenters. The van der Waals surface area contributed by atoms with Gasteiger partial charge in [0.15, 0.2) is 0 Å². The van der Waals surface area contributed by atoms with Gasteiger partial charge in [-0.3, -0.25) is 0 Å². The fraction of sp³-hybridized carbons (Fsp3) is 1.00. The number of aliphatic hydroxyl groups is 1. The maximum atomic E-state index is 8.92. The lowest BCUT2D eigenvalue weighted by Gasteiger charge is -2.35. The van der Waals surface area contributed by atoms with Gasteiger partial charge >= 0.3 is 0 Å². The second kappa shape index (κ2) is 5.69. The van der Waals surface area contributed by atoms with Crippen LogP contribution in [0.5, 0.6) is 0 Å². The summed E-state index contributed by atoms with van der Waals surface area (Å²) in [5, 5.41) is 12.5. The zero-order valence-electron chi connectivity index (χ0n) is 9.66. The number of hydrogen-bond acceptors (Lipinski definition) is 3. The number of likely N-dealkylation sites (tertiary alicyclic amines) is 1. The van der Waals surface area contributed by atoms with Crippen LogP contribution in [0.1, 0.15) is 20.3 Å². The van der Waals surface area contributed by atoms with Crippen molar-refractivity contribution in [3.05, 3.63) is 0 Å². The van der Waals surface area contributed by atoms with E-state index in [1.165, 1.54) is 19.5 Å². The van der Waals surface area contributed by atoms with Crippen LogP contribution in [-0.4, -0.2) is 49.3 Å². The number of nitrogens with one attached hydrogen (secondary N) is 1. The normalized spacial score (nSPS) is 31.7. The second-order valence-corrected chi connectivity index (χ2v) is 4.83. The Hall–Kier alpha value is -0.120. The van der Waals surface area contributed by atoms with Crippen molar-refractivity contribution in [2.75, 3.05) is 33.3 Å². The minimum absolute atomic E-state index is 0.286. The SMILES string of the molecule is CC(CO)CNC1CCN(C)CC1C. The lowest BCUT2D eigenvalue weighted by Crippen LogP contribution is -2.48. The highest BCUT2D eigenvalue weighted by Gasteiger charge is 2.23. The molecule has 3 nitrogen and oxygen atoms in total. The summed E-state index contributed by atoms with van der Waals surface area (Å²) in [7, 11) is 2.18. The molecule has 1 rings (SSSR count). The molecule has 0 radical (unpaired) electrons. The number of aliphatic hydroxyl groups excluding tert-OH is 1. The summed E-state index contributed by atoms with van der Waals surface area (Å²) in [5.74, 6) is 1.10. The van der Waals surface area contributed by atoms with Crippen molar-refractivity contribution in [1.29, 1.82) is 0 Å². The summed E-state index contributed by atoms with van der Waals surface area (Å²) in [6.07, 6.45) is 1.23. The highest BCUT2D eigenvalue weighted by Crippen LogP contribution is 2.15. The first-order chi connectivity index (χ1) is 6.63. The van der Waals surface area contributed by atoms with Crippen LogP contribution in [0.25, 0.3) is 0 Å². The van der Waals surface area contributed by atoms with E-state index in [4.69, 9.17) is 5.11 Å². The molecule has 3 heteroatoms. The highest BCUT2D eigenvalue weighted by atomic mass is 16.3. The Morgan fingerprint density at radius 3 is 2.86 bits per heavy atom. The van der Waals surface area contributed by atoms with Crippen LogP contribution in [0.2, 0.25) is 0 Å². The molecule has 2 N–H and O–H groups in total. The van der Waals surface area contributed by atoms with Gasteiger partial charge in [0.25, 0.3) is 0 Å². The molecule has 0 aromatic heterocycles. The van der Waals surface area contributed by atoms with E-state index in [1.807, 2.05) is 0 Å². The third-order valence-electron chi connectivity index (χ3n) is 3.15. The molecule has 0 bridgehead atoms. The minimum atomic E-state index is 0.286. The maximum absolute atomic E-state index is 8.92. The molecule has 0 aromatic carbocycles. The molecule has 1 aliphatic rings.